The molecule has 0 radical (unpaired) electrons. The third-order valence-corrected chi connectivity index (χ3v) is 5.65. The summed E-state index contributed by atoms with van der Waals surface area (Å²) in [5, 5.41) is 3.52. The molecule has 2 aromatic carbocycles. The van der Waals surface area contributed by atoms with Crippen LogP contribution >= 0.6 is 11.8 Å². The van der Waals surface area contributed by atoms with Crippen LogP contribution in [-0.4, -0.2) is 27.5 Å². The van der Waals surface area contributed by atoms with Gasteiger partial charge in [0.1, 0.15) is 0 Å². The topological polar surface area (TPSA) is 82.5 Å². The maximum atomic E-state index is 12.9. The van der Waals surface area contributed by atoms with Gasteiger partial charge in [0.15, 0.2) is 16.7 Å². The number of ether oxygens (including phenoxy) is 2. The number of anilines is 1. The third-order valence-electron chi connectivity index (χ3n) is 4.58. The van der Waals surface area contributed by atoms with Crippen LogP contribution in [0.5, 0.6) is 11.5 Å². The Kier molecular flexibility index (Phi) is 5.19. The number of hydrogen-bond acceptors (Lipinski definition) is 6. The molecule has 2 heterocycles. The highest BCUT2D eigenvalue weighted by atomic mass is 32.2. The molecule has 0 unspecified atom stereocenters. The number of benzene rings is 2. The standard InChI is InChI=1S/C21H21N3O4S/c1-12(2)24-20(26)15-6-4-5-7-16(15)23-21(24)29-13(3)19(25)22-14-8-9-17-18(10-14)28-11-27-17/h4-10,12-13H,11H2,1-3H3,(H,22,25)/t13-/m1/s1. The lowest BCUT2D eigenvalue weighted by Crippen LogP contribution is -2.28. The van der Waals surface area contributed by atoms with Gasteiger partial charge in [-0.1, -0.05) is 23.9 Å². The zero-order chi connectivity index (χ0) is 20.5. The van der Waals surface area contributed by atoms with Crippen molar-refractivity contribution in [3.05, 3.63) is 52.8 Å². The fraction of sp³-hybridized carbons (Fsp3) is 0.286. The smallest absolute Gasteiger partial charge is 0.262 e. The molecule has 0 aliphatic carbocycles. The average molecular weight is 411 g/mol. The number of aromatic nitrogens is 2. The molecule has 29 heavy (non-hydrogen) atoms. The van der Waals surface area contributed by atoms with E-state index in [0.29, 0.717) is 33.2 Å². The fourth-order valence-electron chi connectivity index (χ4n) is 3.09. The highest BCUT2D eigenvalue weighted by Crippen LogP contribution is 2.34. The monoisotopic (exact) mass is 411 g/mol. The average Bonchev–Trinajstić information content (AvgIpc) is 3.15. The molecule has 0 bridgehead atoms. The van der Waals surface area contributed by atoms with E-state index in [4.69, 9.17) is 9.47 Å². The van der Waals surface area contributed by atoms with Crippen molar-refractivity contribution in [1.82, 2.24) is 9.55 Å². The Morgan fingerprint density at radius 2 is 1.90 bits per heavy atom. The van der Waals surface area contributed by atoms with E-state index in [1.165, 1.54) is 11.8 Å². The maximum absolute atomic E-state index is 12.9. The summed E-state index contributed by atoms with van der Waals surface area (Å²) in [4.78, 5) is 30.3. The minimum atomic E-state index is -0.460. The summed E-state index contributed by atoms with van der Waals surface area (Å²) in [5.74, 6) is 1.08. The molecule has 0 spiro atoms. The number of nitrogens with one attached hydrogen (secondary N) is 1. The number of para-hydroxylation sites is 1. The number of thioether (sulfide) groups is 1. The molecular formula is C21H21N3O4S. The van der Waals surface area contributed by atoms with E-state index in [1.54, 1.807) is 35.8 Å². The highest BCUT2D eigenvalue weighted by Gasteiger charge is 2.21. The number of hydrogen-bond donors (Lipinski definition) is 1. The van der Waals surface area contributed by atoms with Crippen LogP contribution in [0.15, 0.2) is 52.4 Å². The van der Waals surface area contributed by atoms with Gasteiger partial charge in [-0.15, -0.1) is 0 Å². The first-order valence-electron chi connectivity index (χ1n) is 9.32. The van der Waals surface area contributed by atoms with Gasteiger partial charge >= 0.3 is 0 Å². The Labute approximate surface area is 172 Å². The minimum absolute atomic E-state index is 0.0776. The first-order valence-corrected chi connectivity index (χ1v) is 10.2. The summed E-state index contributed by atoms with van der Waals surface area (Å²) in [5.41, 5.74) is 1.15. The second-order valence-electron chi connectivity index (χ2n) is 7.00. The first-order chi connectivity index (χ1) is 13.9. The molecule has 1 aliphatic rings. The predicted molar refractivity (Wildman–Crippen MR) is 113 cm³/mol. The number of amides is 1. The normalized spacial score (nSPS) is 13.7. The van der Waals surface area contributed by atoms with Gasteiger partial charge in [-0.3, -0.25) is 14.2 Å². The molecule has 4 rings (SSSR count). The Hall–Kier alpha value is -3.00. The number of carbonyl (C=O) groups is 1. The van der Waals surface area contributed by atoms with Gasteiger partial charge in [0, 0.05) is 17.8 Å². The highest BCUT2D eigenvalue weighted by molar-refractivity contribution is 8.00. The third kappa shape index (κ3) is 3.80. The van der Waals surface area contributed by atoms with Gasteiger partial charge in [-0.05, 0) is 45.0 Å². The van der Waals surface area contributed by atoms with E-state index in [0.717, 1.165) is 0 Å². The van der Waals surface area contributed by atoms with Crippen molar-refractivity contribution < 1.29 is 14.3 Å². The van der Waals surface area contributed by atoms with E-state index in [2.05, 4.69) is 10.3 Å². The number of nitrogens with zero attached hydrogens (tertiary/aromatic N) is 2. The summed E-state index contributed by atoms with van der Waals surface area (Å²) < 4.78 is 12.3. The number of rotatable bonds is 5. The zero-order valence-electron chi connectivity index (χ0n) is 16.3. The van der Waals surface area contributed by atoms with E-state index >= 15 is 0 Å². The molecule has 8 heteroatoms. The Morgan fingerprint density at radius 3 is 2.69 bits per heavy atom. The van der Waals surface area contributed by atoms with Gasteiger partial charge in [0.25, 0.3) is 5.56 Å². The van der Waals surface area contributed by atoms with Crippen LogP contribution in [-0.2, 0) is 4.79 Å². The lowest BCUT2D eigenvalue weighted by Gasteiger charge is -2.18. The summed E-state index contributed by atoms with van der Waals surface area (Å²) in [7, 11) is 0. The van der Waals surface area contributed by atoms with E-state index < -0.39 is 5.25 Å². The van der Waals surface area contributed by atoms with Crippen molar-refractivity contribution in [2.24, 2.45) is 0 Å². The first kappa shape index (κ1) is 19.3. The molecule has 0 saturated carbocycles. The van der Waals surface area contributed by atoms with Gasteiger partial charge in [0.2, 0.25) is 12.7 Å². The van der Waals surface area contributed by atoms with Crippen molar-refractivity contribution in [2.75, 3.05) is 12.1 Å². The zero-order valence-corrected chi connectivity index (χ0v) is 17.2. The lowest BCUT2D eigenvalue weighted by molar-refractivity contribution is -0.115. The Bertz CT molecular complexity index is 1140. The van der Waals surface area contributed by atoms with Gasteiger partial charge in [-0.25, -0.2) is 4.98 Å². The van der Waals surface area contributed by atoms with Crippen molar-refractivity contribution >= 4 is 34.3 Å². The van der Waals surface area contributed by atoms with Crippen LogP contribution in [0.4, 0.5) is 5.69 Å². The van der Waals surface area contributed by atoms with Crippen molar-refractivity contribution in [3.63, 3.8) is 0 Å². The largest absolute Gasteiger partial charge is 0.454 e. The second kappa shape index (κ2) is 7.79. The molecule has 1 amide bonds. The van der Waals surface area contributed by atoms with Gasteiger partial charge in [-0.2, -0.15) is 0 Å². The Morgan fingerprint density at radius 1 is 1.14 bits per heavy atom. The van der Waals surface area contributed by atoms with Crippen LogP contribution in [0.1, 0.15) is 26.8 Å². The van der Waals surface area contributed by atoms with Gasteiger partial charge in [0.05, 0.1) is 16.2 Å². The van der Waals surface area contributed by atoms with Crippen molar-refractivity contribution in [2.45, 2.75) is 37.2 Å². The molecule has 1 aromatic heterocycles. The van der Waals surface area contributed by atoms with Crippen LogP contribution in [0.25, 0.3) is 10.9 Å². The van der Waals surface area contributed by atoms with Crippen LogP contribution in [0.2, 0.25) is 0 Å². The quantitative estimate of drug-likeness (QED) is 0.508. The summed E-state index contributed by atoms with van der Waals surface area (Å²) >= 11 is 1.26. The number of carbonyl (C=O) groups excluding carboxylic acids is 1. The van der Waals surface area contributed by atoms with Crippen molar-refractivity contribution in [1.29, 1.82) is 0 Å². The summed E-state index contributed by atoms with van der Waals surface area (Å²) in [6, 6.07) is 12.4. The molecule has 3 aromatic rings. The van der Waals surface area contributed by atoms with Crippen LogP contribution in [0, 0.1) is 0 Å². The Balaban J connectivity index is 1.58. The van der Waals surface area contributed by atoms with E-state index in [-0.39, 0.29) is 24.3 Å². The van der Waals surface area contributed by atoms with E-state index in [9.17, 15) is 9.59 Å². The fourth-order valence-corrected chi connectivity index (χ4v) is 4.13. The molecule has 1 aliphatic heterocycles. The van der Waals surface area contributed by atoms with Gasteiger partial charge < -0.3 is 14.8 Å². The van der Waals surface area contributed by atoms with E-state index in [1.807, 2.05) is 32.0 Å². The number of fused-ring (bicyclic) bond motifs is 2. The molecule has 0 saturated heterocycles. The van der Waals surface area contributed by atoms with Crippen LogP contribution in [0.3, 0.4) is 0 Å². The molecule has 1 N–H and O–H groups in total. The minimum Gasteiger partial charge on any atom is -0.454 e. The lowest BCUT2D eigenvalue weighted by atomic mass is 10.2. The SMILES string of the molecule is CC(C)n1c(S[C@H](C)C(=O)Nc2ccc3c(c2)OCO3)nc2ccccc2c1=O. The predicted octanol–water partition coefficient (Wildman–Crippen LogP) is 3.83. The maximum Gasteiger partial charge on any atom is 0.262 e. The second-order valence-corrected chi connectivity index (χ2v) is 8.31. The molecule has 7 nitrogen and oxygen atoms in total. The molecule has 150 valence electrons. The molecular weight excluding hydrogens is 390 g/mol. The molecule has 0 fully saturated rings. The van der Waals surface area contributed by atoms with Crippen molar-refractivity contribution in [3.8, 4) is 11.5 Å². The summed E-state index contributed by atoms with van der Waals surface area (Å²) in [6.45, 7) is 5.83. The molecule has 1 atom stereocenters. The van der Waals surface area contributed by atoms with Crippen LogP contribution < -0.4 is 20.3 Å². The summed E-state index contributed by atoms with van der Waals surface area (Å²) in [6.07, 6.45) is 0.